The van der Waals surface area contributed by atoms with Gasteiger partial charge < -0.3 is 4.98 Å². The molecule has 0 fully saturated rings. The quantitative estimate of drug-likeness (QED) is 0.593. The fraction of sp³-hybridized carbons (Fsp3) is 0.0625. The van der Waals surface area contributed by atoms with E-state index in [0.717, 1.165) is 16.0 Å². The van der Waals surface area contributed by atoms with Crippen molar-refractivity contribution in [3.05, 3.63) is 73.4 Å². The van der Waals surface area contributed by atoms with E-state index in [9.17, 15) is 4.79 Å². The van der Waals surface area contributed by atoms with Crippen molar-refractivity contribution in [1.29, 1.82) is 0 Å². The lowest BCUT2D eigenvalue weighted by atomic mass is 10.2. The molecule has 1 aromatic heterocycles. The average Bonchev–Trinajstić information content (AvgIpc) is 2.49. The molecule has 3 aromatic rings. The maximum atomic E-state index is 11.9. The van der Waals surface area contributed by atoms with Crippen LogP contribution in [0.3, 0.4) is 0 Å². The first-order valence-corrected chi connectivity index (χ1v) is 8.55. The van der Waals surface area contributed by atoms with Gasteiger partial charge in [-0.05, 0) is 29.8 Å². The van der Waals surface area contributed by atoms with Crippen molar-refractivity contribution in [2.75, 3.05) is 0 Å². The molecule has 0 atom stereocenters. The molecular weight excluding hydrogens is 361 g/mol. The highest BCUT2D eigenvalue weighted by atomic mass is 35.5. The van der Waals surface area contributed by atoms with Gasteiger partial charge in [-0.25, -0.2) is 0 Å². The van der Waals surface area contributed by atoms with Gasteiger partial charge in [-0.3, -0.25) is 4.79 Å². The monoisotopic (exact) mass is 369 g/mol. The van der Waals surface area contributed by atoms with Crippen LogP contribution < -0.4 is 5.56 Å². The predicted molar refractivity (Wildman–Crippen MR) is 95.6 cm³/mol. The van der Waals surface area contributed by atoms with Crippen LogP contribution >= 0.6 is 46.6 Å². The third-order valence-corrected chi connectivity index (χ3v) is 5.10. The molecule has 1 N–H and O–H groups in total. The van der Waals surface area contributed by atoms with E-state index < -0.39 is 0 Å². The summed E-state index contributed by atoms with van der Waals surface area (Å²) < 4.78 is 0. The van der Waals surface area contributed by atoms with Crippen LogP contribution in [0, 0.1) is 0 Å². The fourth-order valence-corrected chi connectivity index (χ4v) is 3.72. The third kappa shape index (κ3) is 3.28. The highest BCUT2D eigenvalue weighted by Gasteiger charge is 2.10. The molecule has 22 heavy (non-hydrogen) atoms. The largest absolute Gasteiger partial charge is 0.315 e. The van der Waals surface area contributed by atoms with Crippen LogP contribution in [-0.4, -0.2) is 4.98 Å². The van der Waals surface area contributed by atoms with Gasteiger partial charge in [0, 0.05) is 26.6 Å². The van der Waals surface area contributed by atoms with Gasteiger partial charge in [0.15, 0.2) is 0 Å². The SMILES string of the molecule is O=c1[nH]c(SCc2cccc(Cl)c2)c2cc(Cl)ccc2c1Cl. The topological polar surface area (TPSA) is 32.9 Å². The molecule has 0 aliphatic heterocycles. The summed E-state index contributed by atoms with van der Waals surface area (Å²) in [4.78, 5) is 14.8. The first kappa shape index (κ1) is 15.8. The number of thioether (sulfide) groups is 1. The minimum absolute atomic E-state index is 0.179. The van der Waals surface area contributed by atoms with E-state index in [1.165, 1.54) is 11.8 Å². The van der Waals surface area contributed by atoms with E-state index in [1.54, 1.807) is 18.2 Å². The molecule has 0 saturated carbocycles. The Balaban J connectivity index is 2.01. The molecule has 0 aliphatic rings. The fourth-order valence-electron chi connectivity index (χ4n) is 2.14. The highest BCUT2D eigenvalue weighted by molar-refractivity contribution is 7.98. The minimum atomic E-state index is -0.301. The molecule has 0 radical (unpaired) electrons. The molecule has 112 valence electrons. The smallest absolute Gasteiger partial charge is 0.268 e. The molecule has 2 nitrogen and oxygen atoms in total. The first-order valence-electron chi connectivity index (χ1n) is 6.43. The second-order valence-electron chi connectivity index (χ2n) is 4.71. The lowest BCUT2D eigenvalue weighted by molar-refractivity contribution is 1.11. The summed E-state index contributed by atoms with van der Waals surface area (Å²) >= 11 is 19.6. The highest BCUT2D eigenvalue weighted by Crippen LogP contribution is 2.32. The summed E-state index contributed by atoms with van der Waals surface area (Å²) in [7, 11) is 0. The van der Waals surface area contributed by atoms with Crippen LogP contribution in [0.1, 0.15) is 5.56 Å². The van der Waals surface area contributed by atoms with Gasteiger partial charge in [0.05, 0.1) is 5.03 Å². The van der Waals surface area contributed by atoms with Crippen molar-refractivity contribution in [2.45, 2.75) is 10.8 Å². The number of fused-ring (bicyclic) bond motifs is 1. The predicted octanol–water partition coefficient (Wildman–Crippen LogP) is 5.78. The van der Waals surface area contributed by atoms with E-state index in [-0.39, 0.29) is 10.6 Å². The van der Waals surface area contributed by atoms with Gasteiger partial charge in [-0.2, -0.15) is 0 Å². The number of halogens is 3. The Morgan fingerprint density at radius 1 is 0.955 bits per heavy atom. The molecule has 3 rings (SSSR count). The Morgan fingerprint density at radius 2 is 1.73 bits per heavy atom. The molecular formula is C16H10Cl3NOS. The van der Waals surface area contributed by atoms with Gasteiger partial charge in [-0.15, -0.1) is 11.8 Å². The Hall–Kier alpha value is -1.13. The van der Waals surface area contributed by atoms with Crippen LogP contribution in [-0.2, 0) is 5.75 Å². The maximum Gasteiger partial charge on any atom is 0.268 e. The molecule has 6 heteroatoms. The lowest BCUT2D eigenvalue weighted by Crippen LogP contribution is -2.08. The standard InChI is InChI=1S/C16H10Cl3NOS/c17-10-3-1-2-9(6-10)8-22-16-13-7-11(18)4-5-12(13)14(19)15(21)20-16/h1-7H,8H2,(H,20,21). The van der Waals surface area contributed by atoms with Gasteiger partial charge >= 0.3 is 0 Å². The number of benzene rings is 2. The van der Waals surface area contributed by atoms with Crippen molar-refractivity contribution in [3.63, 3.8) is 0 Å². The Bertz CT molecular complexity index is 908. The summed E-state index contributed by atoms with van der Waals surface area (Å²) in [5.74, 6) is 0.680. The van der Waals surface area contributed by atoms with Crippen LogP contribution in [0.2, 0.25) is 15.1 Å². The van der Waals surface area contributed by atoms with Gasteiger partial charge in [0.1, 0.15) is 5.02 Å². The van der Waals surface area contributed by atoms with Crippen LogP contribution in [0.25, 0.3) is 10.8 Å². The number of hydrogen-bond donors (Lipinski definition) is 1. The molecule has 2 aromatic carbocycles. The second-order valence-corrected chi connectivity index (χ2v) is 6.94. The van der Waals surface area contributed by atoms with E-state index in [4.69, 9.17) is 34.8 Å². The summed E-state index contributed by atoms with van der Waals surface area (Å²) in [6.07, 6.45) is 0. The Kier molecular flexibility index (Phi) is 4.69. The molecule has 1 heterocycles. The normalized spacial score (nSPS) is 11.0. The van der Waals surface area contributed by atoms with Crippen LogP contribution in [0.4, 0.5) is 0 Å². The summed E-state index contributed by atoms with van der Waals surface area (Å²) in [5, 5.41) is 3.74. The number of aromatic amines is 1. The average molecular weight is 371 g/mol. The van der Waals surface area contributed by atoms with Crippen molar-refractivity contribution >= 4 is 57.3 Å². The van der Waals surface area contributed by atoms with Crippen molar-refractivity contribution in [3.8, 4) is 0 Å². The van der Waals surface area contributed by atoms with E-state index in [2.05, 4.69) is 4.98 Å². The first-order chi connectivity index (χ1) is 10.5. The zero-order valence-electron chi connectivity index (χ0n) is 11.2. The zero-order valence-corrected chi connectivity index (χ0v) is 14.3. The van der Waals surface area contributed by atoms with Crippen molar-refractivity contribution < 1.29 is 0 Å². The number of hydrogen-bond acceptors (Lipinski definition) is 2. The zero-order chi connectivity index (χ0) is 15.7. The number of aromatic nitrogens is 1. The van der Waals surface area contributed by atoms with Gasteiger partial charge in [0.25, 0.3) is 5.56 Å². The second kappa shape index (κ2) is 6.55. The van der Waals surface area contributed by atoms with Crippen LogP contribution in [0.5, 0.6) is 0 Å². The van der Waals surface area contributed by atoms with E-state index in [1.807, 2.05) is 24.3 Å². The number of nitrogens with one attached hydrogen (secondary N) is 1. The van der Waals surface area contributed by atoms with Gasteiger partial charge in [-0.1, -0.05) is 53.0 Å². The maximum absolute atomic E-state index is 11.9. The lowest BCUT2D eigenvalue weighted by Gasteiger charge is -2.08. The van der Waals surface area contributed by atoms with E-state index in [0.29, 0.717) is 21.2 Å². The summed E-state index contributed by atoms with van der Waals surface area (Å²) in [6, 6.07) is 12.9. The number of H-pyrrole nitrogens is 1. The number of pyridine rings is 1. The summed E-state index contributed by atoms with van der Waals surface area (Å²) in [6.45, 7) is 0. The van der Waals surface area contributed by atoms with Crippen LogP contribution in [0.15, 0.2) is 52.3 Å². The Labute approximate surface area is 146 Å². The molecule has 0 saturated heterocycles. The van der Waals surface area contributed by atoms with E-state index >= 15 is 0 Å². The molecule has 0 bridgehead atoms. The van der Waals surface area contributed by atoms with Crippen molar-refractivity contribution in [2.24, 2.45) is 0 Å². The molecule has 0 amide bonds. The molecule has 0 aliphatic carbocycles. The van der Waals surface area contributed by atoms with Gasteiger partial charge in [0.2, 0.25) is 0 Å². The summed E-state index contributed by atoms with van der Waals surface area (Å²) in [5.41, 5.74) is 0.772. The molecule has 0 unspecified atom stereocenters. The van der Waals surface area contributed by atoms with Crippen molar-refractivity contribution in [1.82, 2.24) is 4.98 Å². The Morgan fingerprint density at radius 3 is 2.50 bits per heavy atom. The molecule has 0 spiro atoms. The minimum Gasteiger partial charge on any atom is -0.315 e. The third-order valence-electron chi connectivity index (χ3n) is 3.16. The number of rotatable bonds is 3.